The Labute approximate surface area is 191 Å². The lowest BCUT2D eigenvalue weighted by atomic mass is 9.86. The molecule has 0 aromatic heterocycles. The van der Waals surface area contributed by atoms with Gasteiger partial charge in [-0.2, -0.15) is 0 Å². The first-order valence-corrected chi connectivity index (χ1v) is 12.3. The molecule has 0 amide bonds. The van der Waals surface area contributed by atoms with Crippen molar-refractivity contribution < 1.29 is 0 Å². The van der Waals surface area contributed by atoms with Crippen molar-refractivity contribution in [2.45, 2.75) is 79.6 Å². The minimum absolute atomic E-state index is 0.352. The molecule has 3 atom stereocenters. The first-order chi connectivity index (χ1) is 14.7. The lowest BCUT2D eigenvalue weighted by Crippen LogP contribution is -2.09. The Bertz CT molecular complexity index is 874. The smallest absolute Gasteiger partial charge is 0.0210 e. The summed E-state index contributed by atoms with van der Waals surface area (Å²) in [4.78, 5) is 0. The van der Waals surface area contributed by atoms with Crippen LogP contribution in [0.3, 0.4) is 0 Å². The van der Waals surface area contributed by atoms with E-state index in [2.05, 4.69) is 108 Å². The van der Waals surface area contributed by atoms with E-state index in [0.29, 0.717) is 17.3 Å². The van der Waals surface area contributed by atoms with Gasteiger partial charge in [0.15, 0.2) is 0 Å². The zero-order chi connectivity index (χ0) is 22.4. The SMILES string of the molecule is CCC1=CC(c2ccccc2)C=C1C(C)CCC(C)Cc1ccc(CC(C)(C)C)cc1. The Hall–Kier alpha value is -2.08. The third kappa shape index (κ3) is 6.96. The maximum atomic E-state index is 2.53. The molecule has 166 valence electrons. The average Bonchev–Trinajstić information content (AvgIpc) is 3.18. The van der Waals surface area contributed by atoms with E-state index in [1.807, 2.05) is 0 Å². The summed E-state index contributed by atoms with van der Waals surface area (Å²) < 4.78 is 0. The van der Waals surface area contributed by atoms with Gasteiger partial charge in [0.1, 0.15) is 0 Å². The fourth-order valence-electron chi connectivity index (χ4n) is 4.93. The molecule has 0 aliphatic heterocycles. The van der Waals surface area contributed by atoms with E-state index < -0.39 is 0 Å². The lowest BCUT2D eigenvalue weighted by molar-refractivity contribution is 0.411. The van der Waals surface area contributed by atoms with Crippen molar-refractivity contribution in [2.24, 2.45) is 17.3 Å². The highest BCUT2D eigenvalue weighted by Crippen LogP contribution is 2.38. The van der Waals surface area contributed by atoms with E-state index in [-0.39, 0.29) is 0 Å². The van der Waals surface area contributed by atoms with Crippen LogP contribution >= 0.6 is 0 Å². The molecule has 0 heterocycles. The van der Waals surface area contributed by atoms with Crippen molar-refractivity contribution >= 4 is 0 Å². The van der Waals surface area contributed by atoms with Crippen LogP contribution in [0, 0.1) is 17.3 Å². The van der Waals surface area contributed by atoms with Gasteiger partial charge in [-0.05, 0) is 77.2 Å². The van der Waals surface area contributed by atoms with E-state index in [1.165, 1.54) is 36.0 Å². The van der Waals surface area contributed by atoms with Gasteiger partial charge in [-0.25, -0.2) is 0 Å². The maximum Gasteiger partial charge on any atom is 0.0210 e. The highest BCUT2D eigenvalue weighted by Gasteiger charge is 2.22. The predicted octanol–water partition coefficient (Wildman–Crippen LogP) is 8.93. The highest BCUT2D eigenvalue weighted by atomic mass is 14.3. The minimum atomic E-state index is 0.352. The summed E-state index contributed by atoms with van der Waals surface area (Å²) in [6.45, 7) is 14.1. The Morgan fingerprint density at radius 1 is 0.806 bits per heavy atom. The van der Waals surface area contributed by atoms with Crippen molar-refractivity contribution in [2.75, 3.05) is 0 Å². The highest BCUT2D eigenvalue weighted by molar-refractivity contribution is 5.46. The molecule has 0 saturated heterocycles. The van der Waals surface area contributed by atoms with Gasteiger partial charge < -0.3 is 0 Å². The molecule has 2 aromatic rings. The lowest BCUT2D eigenvalue weighted by Gasteiger charge is -2.20. The molecule has 0 heteroatoms. The molecular formula is C31H42. The molecule has 0 saturated carbocycles. The molecule has 0 N–H and O–H groups in total. The summed E-state index contributed by atoms with van der Waals surface area (Å²) >= 11 is 0. The number of rotatable bonds is 9. The summed E-state index contributed by atoms with van der Waals surface area (Å²) in [6, 6.07) is 20.3. The molecule has 2 aromatic carbocycles. The largest absolute Gasteiger partial charge is 0.0697 e. The van der Waals surface area contributed by atoms with Crippen LogP contribution in [-0.2, 0) is 12.8 Å². The second kappa shape index (κ2) is 10.5. The minimum Gasteiger partial charge on any atom is -0.0697 e. The van der Waals surface area contributed by atoms with E-state index in [4.69, 9.17) is 0 Å². The van der Waals surface area contributed by atoms with E-state index in [0.717, 1.165) is 18.8 Å². The summed E-state index contributed by atoms with van der Waals surface area (Å²) in [7, 11) is 0. The normalized spacial score (nSPS) is 18.5. The van der Waals surface area contributed by atoms with Crippen LogP contribution in [0.4, 0.5) is 0 Å². The van der Waals surface area contributed by atoms with Gasteiger partial charge in [-0.1, -0.05) is 108 Å². The monoisotopic (exact) mass is 414 g/mol. The van der Waals surface area contributed by atoms with Crippen LogP contribution in [-0.4, -0.2) is 0 Å². The number of hydrogen-bond acceptors (Lipinski definition) is 0. The quantitative estimate of drug-likeness (QED) is 0.384. The van der Waals surface area contributed by atoms with Crippen molar-refractivity contribution in [3.05, 3.63) is 94.6 Å². The van der Waals surface area contributed by atoms with Crippen molar-refractivity contribution in [3.8, 4) is 0 Å². The summed E-state index contributed by atoms with van der Waals surface area (Å²) in [5.74, 6) is 1.81. The molecular weight excluding hydrogens is 372 g/mol. The molecule has 0 bridgehead atoms. The van der Waals surface area contributed by atoms with Gasteiger partial charge in [-0.15, -0.1) is 0 Å². The molecule has 0 fully saturated rings. The van der Waals surface area contributed by atoms with Crippen molar-refractivity contribution in [3.63, 3.8) is 0 Å². The Morgan fingerprint density at radius 2 is 1.45 bits per heavy atom. The fourth-order valence-corrected chi connectivity index (χ4v) is 4.93. The van der Waals surface area contributed by atoms with Crippen LogP contribution in [0.25, 0.3) is 0 Å². The van der Waals surface area contributed by atoms with Crippen LogP contribution < -0.4 is 0 Å². The van der Waals surface area contributed by atoms with Gasteiger partial charge in [0.25, 0.3) is 0 Å². The fraction of sp³-hybridized carbons (Fsp3) is 0.484. The van der Waals surface area contributed by atoms with Crippen molar-refractivity contribution in [1.29, 1.82) is 0 Å². The van der Waals surface area contributed by atoms with Gasteiger partial charge in [0.2, 0.25) is 0 Å². The van der Waals surface area contributed by atoms with Crippen LogP contribution in [0.1, 0.15) is 83.4 Å². The summed E-state index contributed by atoms with van der Waals surface area (Å²) in [5.41, 5.74) is 7.86. The van der Waals surface area contributed by atoms with Gasteiger partial charge in [0, 0.05) is 5.92 Å². The second-order valence-electron chi connectivity index (χ2n) is 10.9. The third-order valence-electron chi connectivity index (χ3n) is 6.64. The zero-order valence-corrected chi connectivity index (χ0v) is 20.6. The standard InChI is InChI=1S/C31H42/c1-7-27-20-29(28-11-9-8-10-12-28)21-30(27)24(3)14-13-23(2)19-25-15-17-26(18-16-25)22-31(4,5)6/h8-12,15-18,20-21,23-24,29H,7,13-14,19,22H2,1-6H3. The van der Waals surface area contributed by atoms with Crippen LogP contribution in [0.5, 0.6) is 0 Å². The predicted molar refractivity (Wildman–Crippen MR) is 137 cm³/mol. The molecule has 0 radical (unpaired) electrons. The molecule has 3 rings (SSSR count). The molecule has 0 nitrogen and oxygen atoms in total. The van der Waals surface area contributed by atoms with Crippen LogP contribution in [0.15, 0.2) is 77.9 Å². The van der Waals surface area contributed by atoms with Gasteiger partial charge in [-0.3, -0.25) is 0 Å². The topological polar surface area (TPSA) is 0 Å². The van der Waals surface area contributed by atoms with E-state index in [1.54, 1.807) is 11.1 Å². The Kier molecular flexibility index (Phi) is 7.98. The number of allylic oxidation sites excluding steroid dienone is 4. The summed E-state index contributed by atoms with van der Waals surface area (Å²) in [6.07, 6.45) is 11.0. The second-order valence-corrected chi connectivity index (χ2v) is 10.9. The first-order valence-electron chi connectivity index (χ1n) is 12.3. The molecule has 31 heavy (non-hydrogen) atoms. The molecule has 3 unspecified atom stereocenters. The van der Waals surface area contributed by atoms with Crippen molar-refractivity contribution in [1.82, 2.24) is 0 Å². The van der Waals surface area contributed by atoms with Crippen LogP contribution in [0.2, 0.25) is 0 Å². The Balaban J connectivity index is 1.54. The summed E-state index contributed by atoms with van der Waals surface area (Å²) in [5, 5.41) is 0. The number of benzene rings is 2. The third-order valence-corrected chi connectivity index (χ3v) is 6.64. The zero-order valence-electron chi connectivity index (χ0n) is 20.6. The average molecular weight is 415 g/mol. The van der Waals surface area contributed by atoms with Gasteiger partial charge in [0.05, 0.1) is 0 Å². The van der Waals surface area contributed by atoms with E-state index >= 15 is 0 Å². The van der Waals surface area contributed by atoms with E-state index in [9.17, 15) is 0 Å². The molecule has 1 aliphatic rings. The Morgan fingerprint density at radius 3 is 2.06 bits per heavy atom. The first kappa shape index (κ1) is 23.6. The molecule has 0 spiro atoms. The maximum absolute atomic E-state index is 2.53. The number of hydrogen-bond donors (Lipinski definition) is 0. The van der Waals surface area contributed by atoms with Gasteiger partial charge >= 0.3 is 0 Å². The molecule has 1 aliphatic carbocycles.